The number of furan rings is 1. The molecule has 0 fully saturated rings. The zero-order valence-electron chi connectivity index (χ0n) is 18.3. The van der Waals surface area contributed by atoms with E-state index in [1.165, 1.54) is 11.3 Å². The van der Waals surface area contributed by atoms with Crippen molar-refractivity contribution in [3.05, 3.63) is 103 Å². The highest BCUT2D eigenvalue weighted by Gasteiger charge is 2.34. The molecule has 1 atom stereocenters. The van der Waals surface area contributed by atoms with Gasteiger partial charge in [-0.25, -0.2) is 4.99 Å². The van der Waals surface area contributed by atoms with Crippen LogP contribution in [0.1, 0.15) is 29.8 Å². The Bertz CT molecular complexity index is 1560. The Morgan fingerprint density at radius 2 is 2.00 bits per heavy atom. The van der Waals surface area contributed by atoms with E-state index >= 15 is 0 Å². The third-order valence-electron chi connectivity index (χ3n) is 5.71. The molecule has 1 aliphatic rings. The number of thiazole rings is 1. The van der Waals surface area contributed by atoms with Crippen LogP contribution in [0, 0.1) is 6.92 Å². The Hall–Kier alpha value is -3.98. The van der Waals surface area contributed by atoms with Crippen molar-refractivity contribution in [2.45, 2.75) is 19.9 Å². The van der Waals surface area contributed by atoms with Crippen LogP contribution >= 0.6 is 11.3 Å². The summed E-state index contributed by atoms with van der Waals surface area (Å²) in [6, 6.07) is 10.4. The van der Waals surface area contributed by atoms with E-state index in [9.17, 15) is 9.59 Å². The van der Waals surface area contributed by atoms with Gasteiger partial charge in [0.05, 0.1) is 34.5 Å². The average Bonchev–Trinajstić information content (AvgIpc) is 3.50. The fourth-order valence-corrected chi connectivity index (χ4v) is 4.97. The summed E-state index contributed by atoms with van der Waals surface area (Å²) >= 11 is 1.29. The first kappa shape index (κ1) is 20.9. The highest BCUT2D eigenvalue weighted by Crippen LogP contribution is 2.32. The second kappa shape index (κ2) is 8.18. The highest BCUT2D eigenvalue weighted by molar-refractivity contribution is 7.07. The minimum absolute atomic E-state index is 0.217. The lowest BCUT2D eigenvalue weighted by Gasteiger charge is -2.25. The maximum absolute atomic E-state index is 13.5. The van der Waals surface area contributed by atoms with E-state index in [0.717, 1.165) is 16.8 Å². The van der Waals surface area contributed by atoms with E-state index in [0.29, 0.717) is 26.3 Å². The van der Waals surface area contributed by atoms with Gasteiger partial charge in [-0.2, -0.15) is 5.10 Å². The first-order valence-corrected chi connectivity index (χ1v) is 11.2. The zero-order valence-corrected chi connectivity index (χ0v) is 19.1. The number of amides is 1. The van der Waals surface area contributed by atoms with Crippen molar-refractivity contribution < 1.29 is 9.21 Å². The number of anilines is 1. The smallest absolute Gasteiger partial charge is 0.271 e. The molecule has 0 bridgehead atoms. The molecule has 33 heavy (non-hydrogen) atoms. The third-order valence-corrected chi connectivity index (χ3v) is 6.69. The Morgan fingerprint density at radius 1 is 1.21 bits per heavy atom. The molecule has 0 radical (unpaired) electrons. The van der Waals surface area contributed by atoms with E-state index in [1.807, 2.05) is 44.3 Å². The molecule has 1 aromatic carbocycles. The molecule has 0 saturated heterocycles. The summed E-state index contributed by atoms with van der Waals surface area (Å²) in [6.45, 7) is 3.72. The van der Waals surface area contributed by atoms with Crippen LogP contribution in [-0.4, -0.2) is 20.3 Å². The Kier molecular flexibility index (Phi) is 5.18. The van der Waals surface area contributed by atoms with Gasteiger partial charge in [0.2, 0.25) is 0 Å². The highest BCUT2D eigenvalue weighted by atomic mass is 32.1. The normalized spacial score (nSPS) is 16.0. The second-order valence-electron chi connectivity index (χ2n) is 7.77. The number of aryl methyl sites for hydroxylation is 1. The number of nitrogens with one attached hydrogen (secondary N) is 1. The largest absolute Gasteiger partial charge is 0.472 e. The lowest BCUT2D eigenvalue weighted by molar-refractivity contribution is -0.113. The van der Waals surface area contributed by atoms with Gasteiger partial charge in [-0.15, -0.1) is 0 Å². The number of benzene rings is 1. The lowest BCUT2D eigenvalue weighted by Crippen LogP contribution is -2.40. The van der Waals surface area contributed by atoms with Crippen LogP contribution in [0.2, 0.25) is 0 Å². The van der Waals surface area contributed by atoms with E-state index in [-0.39, 0.29) is 11.5 Å². The Labute approximate surface area is 192 Å². The van der Waals surface area contributed by atoms with Gasteiger partial charge in [-0.3, -0.25) is 18.8 Å². The Balaban J connectivity index is 1.70. The molecule has 8 nitrogen and oxygen atoms in total. The number of nitrogens with zero attached hydrogens (tertiary/aromatic N) is 4. The second-order valence-corrected chi connectivity index (χ2v) is 8.78. The summed E-state index contributed by atoms with van der Waals surface area (Å²) < 4.78 is 8.97. The number of aromatic nitrogens is 3. The monoisotopic (exact) mass is 459 g/mol. The van der Waals surface area contributed by atoms with Gasteiger partial charge in [0.1, 0.15) is 6.04 Å². The van der Waals surface area contributed by atoms with Crippen molar-refractivity contribution in [1.29, 1.82) is 0 Å². The maximum atomic E-state index is 13.5. The van der Waals surface area contributed by atoms with Gasteiger partial charge < -0.3 is 9.73 Å². The minimum atomic E-state index is -0.648. The molecule has 4 heterocycles. The van der Waals surface area contributed by atoms with E-state index < -0.39 is 6.04 Å². The number of hydrogen-bond acceptors (Lipinski definition) is 6. The number of fused-ring (bicyclic) bond motifs is 1. The third kappa shape index (κ3) is 3.66. The van der Waals surface area contributed by atoms with Crippen LogP contribution < -0.4 is 20.2 Å². The van der Waals surface area contributed by atoms with Crippen molar-refractivity contribution >= 4 is 29.0 Å². The van der Waals surface area contributed by atoms with Crippen molar-refractivity contribution in [1.82, 2.24) is 14.3 Å². The predicted octanol–water partition coefficient (Wildman–Crippen LogP) is 2.51. The van der Waals surface area contributed by atoms with E-state index in [4.69, 9.17) is 4.42 Å². The summed E-state index contributed by atoms with van der Waals surface area (Å²) in [5.74, 6) is -0.306. The summed E-state index contributed by atoms with van der Waals surface area (Å²) in [5.41, 5.74) is 3.86. The number of allylic oxidation sites excluding steroid dienone is 1. The standard InChI is InChI=1S/C24H21N5O3S/c1-14-20(22(30)27-17-7-5-4-6-8-17)21(18-12-25-28(3)15(18)2)29-23(31)19(33-24(29)26-14)11-16-9-10-32-13-16/h4-13,21H,1-3H3,(H,27,30)/b19-11+. The van der Waals surface area contributed by atoms with Crippen LogP contribution in [-0.2, 0) is 11.8 Å². The van der Waals surface area contributed by atoms with E-state index in [2.05, 4.69) is 15.4 Å². The van der Waals surface area contributed by atoms with Gasteiger partial charge in [-0.05, 0) is 38.1 Å². The van der Waals surface area contributed by atoms with Crippen LogP contribution in [0.25, 0.3) is 6.08 Å². The van der Waals surface area contributed by atoms with E-state index in [1.54, 1.807) is 47.0 Å². The van der Waals surface area contributed by atoms with Crippen molar-refractivity contribution in [2.75, 3.05) is 5.32 Å². The van der Waals surface area contributed by atoms with Gasteiger partial charge in [-0.1, -0.05) is 29.5 Å². The molecule has 1 aliphatic heterocycles. The van der Waals surface area contributed by atoms with Crippen molar-refractivity contribution in [3.8, 4) is 0 Å². The lowest BCUT2D eigenvalue weighted by atomic mass is 9.95. The SMILES string of the molecule is CC1=C(C(=O)Nc2ccccc2)C(c2cnn(C)c2C)n2c(s/c(=C/c3ccoc3)c2=O)=N1. The predicted molar refractivity (Wildman–Crippen MR) is 125 cm³/mol. The quantitative estimate of drug-likeness (QED) is 0.507. The molecule has 9 heteroatoms. The van der Waals surface area contributed by atoms with Crippen LogP contribution in [0.5, 0.6) is 0 Å². The molecule has 0 aliphatic carbocycles. The molecule has 1 N–H and O–H groups in total. The van der Waals surface area contributed by atoms with Crippen molar-refractivity contribution in [2.24, 2.45) is 12.0 Å². The Morgan fingerprint density at radius 3 is 2.67 bits per heavy atom. The molecule has 1 amide bonds. The number of rotatable bonds is 4. The summed E-state index contributed by atoms with van der Waals surface area (Å²) in [7, 11) is 1.84. The zero-order chi connectivity index (χ0) is 23.1. The topological polar surface area (TPSA) is 94.4 Å². The van der Waals surface area contributed by atoms with Gasteiger partial charge in [0.15, 0.2) is 4.80 Å². The summed E-state index contributed by atoms with van der Waals surface area (Å²) in [6.07, 6.45) is 6.61. The maximum Gasteiger partial charge on any atom is 0.271 e. The van der Waals surface area contributed by atoms with Crippen LogP contribution in [0.15, 0.2) is 80.6 Å². The fourth-order valence-electron chi connectivity index (χ4n) is 3.92. The van der Waals surface area contributed by atoms with Gasteiger partial charge in [0.25, 0.3) is 11.5 Å². The molecule has 4 aromatic rings. The molecular weight excluding hydrogens is 438 g/mol. The number of para-hydroxylation sites is 1. The molecule has 1 unspecified atom stereocenters. The molecule has 0 saturated carbocycles. The van der Waals surface area contributed by atoms with Gasteiger partial charge in [0, 0.05) is 29.6 Å². The first-order valence-electron chi connectivity index (χ1n) is 10.3. The average molecular weight is 460 g/mol. The van der Waals surface area contributed by atoms with Gasteiger partial charge >= 0.3 is 0 Å². The number of carbonyl (C=O) groups is 1. The first-order chi connectivity index (χ1) is 15.9. The summed E-state index contributed by atoms with van der Waals surface area (Å²) in [4.78, 5) is 32.2. The molecule has 166 valence electrons. The number of carbonyl (C=O) groups excluding carboxylic acids is 1. The fraction of sp³-hybridized carbons (Fsp3) is 0.167. The molecule has 0 spiro atoms. The van der Waals surface area contributed by atoms with Crippen LogP contribution in [0.3, 0.4) is 0 Å². The minimum Gasteiger partial charge on any atom is -0.472 e. The number of hydrogen-bond donors (Lipinski definition) is 1. The summed E-state index contributed by atoms with van der Waals surface area (Å²) in [5, 5.41) is 7.31. The van der Waals surface area contributed by atoms with Crippen LogP contribution in [0.4, 0.5) is 5.69 Å². The molecule has 3 aromatic heterocycles. The molecule has 5 rings (SSSR count). The molecular formula is C24H21N5O3S. The van der Waals surface area contributed by atoms with Crippen molar-refractivity contribution in [3.63, 3.8) is 0 Å².